The highest BCUT2D eigenvalue weighted by Gasteiger charge is 2.18. The Labute approximate surface area is 170 Å². The molecule has 30 heavy (non-hydrogen) atoms. The largest absolute Gasteiger partial charge is 0.437 e. The number of carbonyl (C=O) groups is 2. The summed E-state index contributed by atoms with van der Waals surface area (Å²) in [7, 11) is 0. The molecule has 2 rings (SSSR count). The second kappa shape index (κ2) is 11.2. The molecule has 0 unspecified atom stereocenters. The first kappa shape index (κ1) is 22.4. The summed E-state index contributed by atoms with van der Waals surface area (Å²) < 4.78 is 0. The van der Waals surface area contributed by atoms with E-state index < -0.39 is 21.8 Å². The summed E-state index contributed by atoms with van der Waals surface area (Å²) in [6.45, 7) is 0.251. The van der Waals surface area contributed by atoms with Gasteiger partial charge in [-0.1, -0.05) is 24.3 Å². The van der Waals surface area contributed by atoms with Crippen LogP contribution in [0.5, 0.6) is 0 Å². The fourth-order valence-electron chi connectivity index (χ4n) is 2.36. The molecule has 2 aromatic rings. The average Bonchev–Trinajstić information content (AvgIpc) is 2.74. The van der Waals surface area contributed by atoms with Crippen LogP contribution in [0.3, 0.4) is 0 Å². The van der Waals surface area contributed by atoms with Gasteiger partial charge in [-0.05, 0) is 24.0 Å². The molecule has 0 bridgehead atoms. The number of non-ortho nitro benzene ring substituents is 2. The number of nitrogens with zero attached hydrogens (tertiary/aromatic N) is 2. The van der Waals surface area contributed by atoms with Crippen molar-refractivity contribution in [2.24, 2.45) is 0 Å². The topological polar surface area (TPSA) is 163 Å². The molecule has 0 radical (unpaired) electrons. The van der Waals surface area contributed by atoms with Gasteiger partial charge in [-0.25, -0.2) is 9.59 Å². The van der Waals surface area contributed by atoms with Gasteiger partial charge in [0.2, 0.25) is 0 Å². The van der Waals surface area contributed by atoms with Crippen LogP contribution in [0.4, 0.5) is 11.4 Å². The molecular weight excluding hydrogens is 400 g/mol. The fraction of sp³-hybridized carbons (Fsp3) is 0.222. The Morgan fingerprint density at radius 3 is 1.53 bits per heavy atom. The van der Waals surface area contributed by atoms with Crippen LogP contribution in [0.2, 0.25) is 0 Å². The second-order valence-corrected chi connectivity index (χ2v) is 5.92. The second-order valence-electron chi connectivity index (χ2n) is 5.92. The maximum Gasteiger partial charge on any atom is 0.437 e. The Balaban J connectivity index is 1.63. The molecule has 2 aromatic carbocycles. The SMILES string of the molecule is O=C(ONCCc1cccc([N+](=O)[O-])c1)C(=O)ONCCc1cccc([N+](=O)[O-])c1. The van der Waals surface area contributed by atoms with Crippen molar-refractivity contribution >= 4 is 23.3 Å². The van der Waals surface area contributed by atoms with Crippen LogP contribution in [0.1, 0.15) is 11.1 Å². The summed E-state index contributed by atoms with van der Waals surface area (Å²) >= 11 is 0. The van der Waals surface area contributed by atoms with Crippen LogP contribution in [0.25, 0.3) is 0 Å². The van der Waals surface area contributed by atoms with E-state index in [1.807, 2.05) is 0 Å². The lowest BCUT2D eigenvalue weighted by Crippen LogP contribution is -2.32. The zero-order chi connectivity index (χ0) is 21.9. The van der Waals surface area contributed by atoms with E-state index in [0.29, 0.717) is 24.0 Å². The maximum atomic E-state index is 11.5. The first-order valence-electron chi connectivity index (χ1n) is 8.71. The standard InChI is InChI=1S/C18H18N4O8/c23-17(29-19-9-7-13-3-1-5-15(11-13)21(25)26)18(24)30-20-10-8-14-4-2-6-16(12-14)22(27)28/h1-6,11-12,19-20H,7-10H2. The van der Waals surface area contributed by atoms with Crippen molar-refractivity contribution < 1.29 is 29.1 Å². The molecule has 0 heterocycles. The van der Waals surface area contributed by atoms with E-state index >= 15 is 0 Å². The molecule has 12 nitrogen and oxygen atoms in total. The summed E-state index contributed by atoms with van der Waals surface area (Å²) in [5, 5.41) is 21.4. The lowest BCUT2D eigenvalue weighted by atomic mass is 10.1. The molecule has 12 heteroatoms. The summed E-state index contributed by atoms with van der Waals surface area (Å²) in [6.07, 6.45) is 0.650. The normalized spacial score (nSPS) is 10.3. The van der Waals surface area contributed by atoms with Gasteiger partial charge in [-0.15, -0.1) is 0 Å². The van der Waals surface area contributed by atoms with E-state index in [1.54, 1.807) is 12.1 Å². The molecule has 2 N–H and O–H groups in total. The van der Waals surface area contributed by atoms with Crippen LogP contribution in [-0.2, 0) is 32.1 Å². The third-order valence-corrected chi connectivity index (χ3v) is 3.77. The molecule has 0 aromatic heterocycles. The number of rotatable bonds is 10. The molecule has 0 atom stereocenters. The minimum absolute atomic E-state index is 0.0516. The number of hydroxylamine groups is 2. The smallest absolute Gasteiger partial charge is 0.362 e. The van der Waals surface area contributed by atoms with E-state index in [1.165, 1.54) is 36.4 Å². The summed E-state index contributed by atoms with van der Waals surface area (Å²) in [4.78, 5) is 52.5. The van der Waals surface area contributed by atoms with Crippen LogP contribution >= 0.6 is 0 Å². The Hall–Kier alpha value is -3.90. The van der Waals surface area contributed by atoms with Crippen molar-refractivity contribution in [3.8, 4) is 0 Å². The van der Waals surface area contributed by atoms with E-state index in [2.05, 4.69) is 20.6 Å². The molecule has 0 aliphatic heterocycles. The molecule has 0 aliphatic carbocycles. The highest BCUT2D eigenvalue weighted by atomic mass is 16.7. The number of hydrogen-bond acceptors (Lipinski definition) is 10. The zero-order valence-corrected chi connectivity index (χ0v) is 15.6. The number of hydrogen-bond donors (Lipinski definition) is 2. The van der Waals surface area contributed by atoms with Crippen molar-refractivity contribution in [1.82, 2.24) is 11.0 Å². The van der Waals surface area contributed by atoms with Gasteiger partial charge in [0.25, 0.3) is 11.4 Å². The van der Waals surface area contributed by atoms with E-state index in [-0.39, 0.29) is 24.5 Å². The lowest BCUT2D eigenvalue weighted by Gasteiger charge is -2.07. The van der Waals surface area contributed by atoms with Crippen molar-refractivity contribution in [2.75, 3.05) is 13.1 Å². The molecule has 0 spiro atoms. The fourth-order valence-corrected chi connectivity index (χ4v) is 2.36. The molecule has 0 fully saturated rings. The monoisotopic (exact) mass is 418 g/mol. The van der Waals surface area contributed by atoms with Gasteiger partial charge >= 0.3 is 11.9 Å². The summed E-state index contributed by atoms with van der Waals surface area (Å²) in [5.74, 6) is -2.56. The summed E-state index contributed by atoms with van der Waals surface area (Å²) in [6, 6.07) is 11.9. The third kappa shape index (κ3) is 7.26. The van der Waals surface area contributed by atoms with Crippen LogP contribution in [-0.4, -0.2) is 34.9 Å². The van der Waals surface area contributed by atoms with Crippen LogP contribution in [0, 0.1) is 20.2 Å². The van der Waals surface area contributed by atoms with Gasteiger partial charge in [-0.2, -0.15) is 11.0 Å². The molecular formula is C18H18N4O8. The highest BCUT2D eigenvalue weighted by Crippen LogP contribution is 2.14. The molecule has 0 saturated heterocycles. The van der Waals surface area contributed by atoms with Gasteiger partial charge in [0, 0.05) is 37.4 Å². The molecule has 0 aliphatic rings. The van der Waals surface area contributed by atoms with Crippen LogP contribution in [0.15, 0.2) is 48.5 Å². The van der Waals surface area contributed by atoms with Crippen LogP contribution < -0.4 is 11.0 Å². The maximum absolute atomic E-state index is 11.5. The van der Waals surface area contributed by atoms with Gasteiger partial charge in [-0.3, -0.25) is 20.2 Å². The van der Waals surface area contributed by atoms with Crippen molar-refractivity contribution in [1.29, 1.82) is 0 Å². The van der Waals surface area contributed by atoms with Crippen molar-refractivity contribution in [3.05, 3.63) is 79.9 Å². The highest BCUT2D eigenvalue weighted by molar-refractivity contribution is 6.29. The number of nitro groups is 2. The predicted octanol–water partition coefficient (Wildman–Crippen LogP) is 1.38. The summed E-state index contributed by atoms with van der Waals surface area (Å²) in [5.41, 5.74) is 5.77. The quantitative estimate of drug-likeness (QED) is 0.249. The van der Waals surface area contributed by atoms with Gasteiger partial charge in [0.1, 0.15) is 0 Å². The first-order valence-corrected chi connectivity index (χ1v) is 8.71. The van der Waals surface area contributed by atoms with Gasteiger partial charge in [0.05, 0.1) is 9.85 Å². The molecule has 0 amide bonds. The minimum atomic E-state index is -1.28. The van der Waals surface area contributed by atoms with Crippen molar-refractivity contribution in [2.45, 2.75) is 12.8 Å². The lowest BCUT2D eigenvalue weighted by molar-refractivity contribution is -0.385. The number of benzene rings is 2. The molecule has 158 valence electrons. The Bertz CT molecular complexity index is 858. The minimum Gasteiger partial charge on any atom is -0.362 e. The van der Waals surface area contributed by atoms with E-state index in [0.717, 1.165) is 0 Å². The zero-order valence-electron chi connectivity index (χ0n) is 15.6. The van der Waals surface area contributed by atoms with E-state index in [9.17, 15) is 29.8 Å². The Kier molecular flexibility index (Phi) is 8.35. The Morgan fingerprint density at radius 1 is 0.767 bits per heavy atom. The first-order chi connectivity index (χ1) is 14.4. The number of nitrogens with one attached hydrogen (secondary N) is 2. The Morgan fingerprint density at radius 2 is 1.17 bits per heavy atom. The van der Waals surface area contributed by atoms with Crippen molar-refractivity contribution in [3.63, 3.8) is 0 Å². The number of nitro benzene ring substituents is 2. The predicted molar refractivity (Wildman–Crippen MR) is 102 cm³/mol. The van der Waals surface area contributed by atoms with Gasteiger partial charge < -0.3 is 9.68 Å². The molecule has 0 saturated carbocycles. The van der Waals surface area contributed by atoms with Gasteiger partial charge in [0.15, 0.2) is 0 Å². The van der Waals surface area contributed by atoms with E-state index in [4.69, 9.17) is 0 Å². The third-order valence-electron chi connectivity index (χ3n) is 3.77. The number of carbonyl (C=O) groups excluding carboxylic acids is 2. The average molecular weight is 418 g/mol.